The lowest BCUT2D eigenvalue weighted by Crippen LogP contribution is -2.30. The highest BCUT2D eigenvalue weighted by Gasteiger charge is 2.22. The molecular formula is C9H16N2O3S. The molecule has 0 aromatic carbocycles. The van der Waals surface area contributed by atoms with Gasteiger partial charge in [-0.1, -0.05) is 13.8 Å². The first-order valence-electron chi connectivity index (χ1n) is 4.84. The molecule has 0 amide bonds. The standard InChI is InChI=1S/C9H16N2O3S/c1-3-11(4-2)15(13,14)9-5-8(7-12)10-6-9/h5-6,10,12H,3-4,7H2,1-2H3. The third-order valence-electron chi connectivity index (χ3n) is 2.23. The van der Waals surface area contributed by atoms with E-state index in [9.17, 15) is 8.42 Å². The summed E-state index contributed by atoms with van der Waals surface area (Å²) >= 11 is 0. The summed E-state index contributed by atoms with van der Waals surface area (Å²) in [5.74, 6) is 0. The molecule has 0 bridgehead atoms. The summed E-state index contributed by atoms with van der Waals surface area (Å²) in [4.78, 5) is 2.91. The summed E-state index contributed by atoms with van der Waals surface area (Å²) in [5, 5.41) is 8.83. The average Bonchev–Trinajstić information content (AvgIpc) is 2.67. The molecule has 1 rings (SSSR count). The summed E-state index contributed by atoms with van der Waals surface area (Å²) in [6, 6.07) is 1.45. The minimum atomic E-state index is -3.40. The molecule has 86 valence electrons. The Bertz CT molecular complexity index is 407. The van der Waals surface area contributed by atoms with Crippen LogP contribution in [0, 0.1) is 0 Å². The van der Waals surface area contributed by atoms with E-state index in [2.05, 4.69) is 4.98 Å². The molecule has 0 aliphatic carbocycles. The van der Waals surface area contributed by atoms with Gasteiger partial charge >= 0.3 is 0 Å². The third kappa shape index (κ3) is 2.39. The number of hydrogen-bond donors (Lipinski definition) is 2. The Balaban J connectivity index is 3.04. The van der Waals surface area contributed by atoms with E-state index < -0.39 is 10.0 Å². The van der Waals surface area contributed by atoms with Gasteiger partial charge in [-0.25, -0.2) is 8.42 Å². The van der Waals surface area contributed by atoms with Crippen LogP contribution in [0.3, 0.4) is 0 Å². The van der Waals surface area contributed by atoms with Gasteiger partial charge in [-0.05, 0) is 6.07 Å². The molecule has 6 heteroatoms. The van der Waals surface area contributed by atoms with Crippen molar-refractivity contribution in [1.29, 1.82) is 0 Å². The Labute approximate surface area is 89.8 Å². The molecule has 5 nitrogen and oxygen atoms in total. The molecule has 2 N–H and O–H groups in total. The van der Waals surface area contributed by atoms with Crippen molar-refractivity contribution < 1.29 is 13.5 Å². The second-order valence-electron chi connectivity index (χ2n) is 3.11. The summed E-state index contributed by atoms with van der Waals surface area (Å²) in [7, 11) is -3.40. The Kier molecular flexibility index (Phi) is 3.90. The zero-order chi connectivity index (χ0) is 11.5. The fourth-order valence-electron chi connectivity index (χ4n) is 1.37. The first-order chi connectivity index (χ1) is 7.06. The first-order valence-corrected chi connectivity index (χ1v) is 6.28. The lowest BCUT2D eigenvalue weighted by Gasteiger charge is -2.16. The van der Waals surface area contributed by atoms with E-state index in [1.54, 1.807) is 13.8 Å². The molecule has 0 atom stereocenters. The predicted molar refractivity (Wildman–Crippen MR) is 56.8 cm³/mol. The van der Waals surface area contributed by atoms with Crippen LogP contribution in [0.2, 0.25) is 0 Å². The van der Waals surface area contributed by atoms with Crippen molar-refractivity contribution in [2.45, 2.75) is 25.3 Å². The highest BCUT2D eigenvalue weighted by atomic mass is 32.2. The van der Waals surface area contributed by atoms with E-state index in [1.165, 1.54) is 16.6 Å². The molecular weight excluding hydrogens is 216 g/mol. The fraction of sp³-hybridized carbons (Fsp3) is 0.556. The summed E-state index contributed by atoms with van der Waals surface area (Å²) in [6.45, 7) is 4.28. The molecule has 0 saturated heterocycles. The predicted octanol–water partition coefficient (Wildman–Crippen LogP) is 0.537. The van der Waals surface area contributed by atoms with Crippen LogP contribution in [0.4, 0.5) is 0 Å². The van der Waals surface area contributed by atoms with Gasteiger partial charge in [-0.2, -0.15) is 4.31 Å². The molecule has 0 aliphatic heterocycles. The van der Waals surface area contributed by atoms with Gasteiger partial charge in [0.05, 0.1) is 11.5 Å². The van der Waals surface area contributed by atoms with E-state index in [1.807, 2.05) is 0 Å². The summed E-state index contributed by atoms with van der Waals surface area (Å²) in [6.07, 6.45) is 1.40. The van der Waals surface area contributed by atoms with Gasteiger partial charge in [0.15, 0.2) is 0 Å². The van der Waals surface area contributed by atoms with Crippen molar-refractivity contribution in [3.05, 3.63) is 18.0 Å². The normalized spacial score (nSPS) is 12.3. The summed E-state index contributed by atoms with van der Waals surface area (Å²) in [5.41, 5.74) is 0.501. The van der Waals surface area contributed by atoms with Crippen LogP contribution in [-0.4, -0.2) is 35.9 Å². The fourth-order valence-corrected chi connectivity index (χ4v) is 2.85. The monoisotopic (exact) mass is 232 g/mol. The number of aliphatic hydroxyl groups is 1. The van der Waals surface area contributed by atoms with Crippen molar-refractivity contribution in [2.24, 2.45) is 0 Å². The maximum absolute atomic E-state index is 11.9. The van der Waals surface area contributed by atoms with E-state index in [-0.39, 0.29) is 11.5 Å². The number of nitrogens with one attached hydrogen (secondary N) is 1. The number of aliphatic hydroxyl groups excluding tert-OH is 1. The molecule has 0 unspecified atom stereocenters. The van der Waals surface area contributed by atoms with Gasteiger partial charge in [-0.15, -0.1) is 0 Å². The van der Waals surface area contributed by atoms with Crippen molar-refractivity contribution >= 4 is 10.0 Å². The molecule has 0 spiro atoms. The Morgan fingerprint density at radius 2 is 2.00 bits per heavy atom. The van der Waals surface area contributed by atoms with Crippen LogP contribution >= 0.6 is 0 Å². The highest BCUT2D eigenvalue weighted by molar-refractivity contribution is 7.89. The van der Waals surface area contributed by atoms with Gasteiger partial charge < -0.3 is 10.1 Å². The number of H-pyrrole nitrogens is 1. The van der Waals surface area contributed by atoms with Crippen LogP contribution in [0.5, 0.6) is 0 Å². The van der Waals surface area contributed by atoms with Gasteiger partial charge in [0.25, 0.3) is 0 Å². The average molecular weight is 232 g/mol. The van der Waals surface area contributed by atoms with Gasteiger partial charge in [0, 0.05) is 25.0 Å². The maximum Gasteiger partial charge on any atom is 0.244 e. The molecule has 15 heavy (non-hydrogen) atoms. The largest absolute Gasteiger partial charge is 0.390 e. The third-order valence-corrected chi connectivity index (χ3v) is 4.26. The quantitative estimate of drug-likeness (QED) is 0.778. The van der Waals surface area contributed by atoms with E-state index in [0.29, 0.717) is 18.8 Å². The Morgan fingerprint density at radius 1 is 1.40 bits per heavy atom. The zero-order valence-corrected chi connectivity index (χ0v) is 9.71. The number of hydrogen-bond acceptors (Lipinski definition) is 3. The molecule has 1 aromatic heterocycles. The molecule has 0 radical (unpaired) electrons. The summed E-state index contributed by atoms with van der Waals surface area (Å²) < 4.78 is 25.3. The minimum absolute atomic E-state index is 0.187. The smallest absolute Gasteiger partial charge is 0.244 e. The lowest BCUT2D eigenvalue weighted by atomic mass is 10.5. The lowest BCUT2D eigenvalue weighted by molar-refractivity contribution is 0.277. The SMILES string of the molecule is CCN(CC)S(=O)(=O)c1c[nH]c(CO)c1. The highest BCUT2D eigenvalue weighted by Crippen LogP contribution is 2.16. The molecule has 1 aromatic rings. The van der Waals surface area contributed by atoms with Crippen LogP contribution in [-0.2, 0) is 16.6 Å². The van der Waals surface area contributed by atoms with Crippen LogP contribution < -0.4 is 0 Å². The molecule has 0 fully saturated rings. The number of rotatable bonds is 5. The second kappa shape index (κ2) is 4.78. The van der Waals surface area contributed by atoms with Gasteiger partial charge in [0.1, 0.15) is 0 Å². The van der Waals surface area contributed by atoms with Crippen molar-refractivity contribution in [3.63, 3.8) is 0 Å². The van der Waals surface area contributed by atoms with Crippen molar-refractivity contribution in [3.8, 4) is 0 Å². The van der Waals surface area contributed by atoms with Gasteiger partial charge in [-0.3, -0.25) is 0 Å². The Hall–Kier alpha value is -0.850. The van der Waals surface area contributed by atoms with E-state index >= 15 is 0 Å². The van der Waals surface area contributed by atoms with Crippen LogP contribution in [0.15, 0.2) is 17.2 Å². The topological polar surface area (TPSA) is 73.4 Å². The number of aromatic amines is 1. The van der Waals surface area contributed by atoms with Crippen molar-refractivity contribution in [1.82, 2.24) is 9.29 Å². The molecule has 0 aliphatic rings. The number of sulfonamides is 1. The van der Waals surface area contributed by atoms with E-state index in [0.717, 1.165) is 0 Å². The molecule has 0 saturated carbocycles. The molecule has 1 heterocycles. The zero-order valence-electron chi connectivity index (χ0n) is 8.90. The minimum Gasteiger partial charge on any atom is -0.390 e. The van der Waals surface area contributed by atoms with Crippen LogP contribution in [0.25, 0.3) is 0 Å². The second-order valence-corrected chi connectivity index (χ2v) is 5.05. The first kappa shape index (κ1) is 12.2. The van der Waals surface area contributed by atoms with Crippen molar-refractivity contribution in [2.75, 3.05) is 13.1 Å². The Morgan fingerprint density at radius 3 is 2.40 bits per heavy atom. The van der Waals surface area contributed by atoms with Crippen LogP contribution in [0.1, 0.15) is 19.5 Å². The number of nitrogens with zero attached hydrogens (tertiary/aromatic N) is 1. The maximum atomic E-state index is 11.9. The van der Waals surface area contributed by atoms with Gasteiger partial charge in [0.2, 0.25) is 10.0 Å². The van der Waals surface area contributed by atoms with E-state index in [4.69, 9.17) is 5.11 Å². The number of aromatic nitrogens is 1.